The van der Waals surface area contributed by atoms with Gasteiger partial charge in [0.25, 0.3) is 0 Å². The van der Waals surface area contributed by atoms with Crippen LogP contribution in [0.2, 0.25) is 0 Å². The minimum Gasteiger partial charge on any atom is -0.337 e. The van der Waals surface area contributed by atoms with Crippen LogP contribution in [-0.2, 0) is 12.0 Å². The number of hydrogen-bond acceptors (Lipinski definition) is 3. The summed E-state index contributed by atoms with van der Waals surface area (Å²) in [5.41, 5.74) is 4.30. The molecule has 0 amide bonds. The summed E-state index contributed by atoms with van der Waals surface area (Å²) in [4.78, 5) is 8.69. The fraction of sp³-hybridized carbons (Fsp3) is 0.500. The maximum absolute atomic E-state index is 5.35. The number of nitrogens with one attached hydrogen (secondary N) is 1. The Morgan fingerprint density at radius 2 is 2.18 bits per heavy atom. The van der Waals surface area contributed by atoms with Gasteiger partial charge in [0, 0.05) is 22.2 Å². The van der Waals surface area contributed by atoms with Crippen molar-refractivity contribution in [3.8, 4) is 0 Å². The van der Waals surface area contributed by atoms with Crippen molar-refractivity contribution in [2.24, 2.45) is 0 Å². The van der Waals surface area contributed by atoms with E-state index in [9.17, 15) is 0 Å². The Labute approximate surface area is 111 Å². The van der Waals surface area contributed by atoms with Crippen LogP contribution in [0.1, 0.15) is 37.0 Å². The van der Waals surface area contributed by atoms with Gasteiger partial charge in [-0.25, -0.2) is 4.98 Å². The predicted octanol–water partition coefficient (Wildman–Crippen LogP) is 3.66. The molecule has 0 aliphatic rings. The molecule has 1 N–H and O–H groups in total. The van der Waals surface area contributed by atoms with E-state index in [1.54, 1.807) is 11.3 Å². The summed E-state index contributed by atoms with van der Waals surface area (Å²) >= 11 is 7.03. The highest BCUT2D eigenvalue weighted by molar-refractivity contribution is 7.71. The standard InChI is InChI=1S/C12H17N3S2/c1-8-9(17-7-14-8)6-15-10(12(2,3)4)5-13-11(15)16/h5,7H,6H2,1-4H3,(H,13,16). The molecule has 0 aliphatic carbocycles. The van der Waals surface area contributed by atoms with Gasteiger partial charge in [0.1, 0.15) is 0 Å². The highest BCUT2D eigenvalue weighted by atomic mass is 32.1. The van der Waals surface area contributed by atoms with Crippen LogP contribution in [0.15, 0.2) is 11.7 Å². The molecule has 0 bridgehead atoms. The number of imidazole rings is 1. The maximum atomic E-state index is 5.35. The zero-order chi connectivity index (χ0) is 12.6. The summed E-state index contributed by atoms with van der Waals surface area (Å²) in [6, 6.07) is 0. The first-order valence-electron chi connectivity index (χ1n) is 5.57. The second-order valence-electron chi connectivity index (χ2n) is 5.18. The van der Waals surface area contributed by atoms with Crippen LogP contribution < -0.4 is 0 Å². The lowest BCUT2D eigenvalue weighted by Gasteiger charge is -2.20. The van der Waals surface area contributed by atoms with E-state index >= 15 is 0 Å². The smallest absolute Gasteiger partial charge is 0.177 e. The molecule has 0 saturated heterocycles. The zero-order valence-corrected chi connectivity index (χ0v) is 12.2. The summed E-state index contributed by atoms with van der Waals surface area (Å²) in [6.45, 7) is 9.44. The average molecular weight is 267 g/mol. The molecular weight excluding hydrogens is 250 g/mol. The van der Waals surface area contributed by atoms with Crippen LogP contribution in [0.3, 0.4) is 0 Å². The molecule has 0 aliphatic heterocycles. The molecule has 92 valence electrons. The molecule has 0 fully saturated rings. The first-order valence-corrected chi connectivity index (χ1v) is 6.86. The molecule has 2 aromatic rings. The molecule has 0 saturated carbocycles. The van der Waals surface area contributed by atoms with Gasteiger partial charge in [-0.3, -0.25) is 0 Å². The van der Waals surface area contributed by atoms with E-state index in [1.807, 2.05) is 18.6 Å². The molecule has 2 rings (SSSR count). The fourth-order valence-electron chi connectivity index (χ4n) is 1.80. The molecule has 0 unspecified atom stereocenters. The molecule has 2 heterocycles. The van der Waals surface area contributed by atoms with Crippen LogP contribution in [0.4, 0.5) is 0 Å². The average Bonchev–Trinajstić information content (AvgIpc) is 2.75. The largest absolute Gasteiger partial charge is 0.337 e. The van der Waals surface area contributed by atoms with E-state index in [0.717, 1.165) is 17.0 Å². The normalized spacial score (nSPS) is 12.0. The van der Waals surface area contributed by atoms with Crippen molar-refractivity contribution >= 4 is 23.6 Å². The van der Waals surface area contributed by atoms with Gasteiger partial charge in [0.2, 0.25) is 0 Å². The molecule has 2 aromatic heterocycles. The second kappa shape index (κ2) is 4.38. The van der Waals surface area contributed by atoms with Crippen molar-refractivity contribution in [3.63, 3.8) is 0 Å². The van der Waals surface area contributed by atoms with Crippen molar-refractivity contribution in [1.29, 1.82) is 0 Å². The minimum absolute atomic E-state index is 0.0894. The van der Waals surface area contributed by atoms with Crippen LogP contribution in [0, 0.1) is 11.7 Å². The number of H-pyrrole nitrogens is 1. The van der Waals surface area contributed by atoms with E-state index in [1.165, 1.54) is 10.6 Å². The topological polar surface area (TPSA) is 33.6 Å². The lowest BCUT2D eigenvalue weighted by molar-refractivity contribution is 0.530. The fourth-order valence-corrected chi connectivity index (χ4v) is 2.78. The van der Waals surface area contributed by atoms with Crippen LogP contribution >= 0.6 is 23.6 Å². The van der Waals surface area contributed by atoms with Crippen molar-refractivity contribution in [2.45, 2.75) is 39.7 Å². The van der Waals surface area contributed by atoms with E-state index < -0.39 is 0 Å². The van der Waals surface area contributed by atoms with Crippen molar-refractivity contribution in [3.05, 3.63) is 32.7 Å². The molecule has 0 radical (unpaired) electrons. The van der Waals surface area contributed by atoms with Crippen molar-refractivity contribution in [2.75, 3.05) is 0 Å². The molecule has 0 spiro atoms. The minimum atomic E-state index is 0.0894. The summed E-state index contributed by atoms with van der Waals surface area (Å²) in [5, 5.41) is 0. The van der Waals surface area contributed by atoms with Gasteiger partial charge in [-0.2, -0.15) is 0 Å². The van der Waals surface area contributed by atoms with Gasteiger partial charge in [-0.15, -0.1) is 11.3 Å². The van der Waals surface area contributed by atoms with E-state index in [2.05, 4.69) is 35.3 Å². The van der Waals surface area contributed by atoms with Gasteiger partial charge in [-0.05, 0) is 19.1 Å². The van der Waals surface area contributed by atoms with Crippen molar-refractivity contribution in [1.82, 2.24) is 14.5 Å². The van der Waals surface area contributed by atoms with E-state index in [-0.39, 0.29) is 5.41 Å². The van der Waals surface area contributed by atoms with Gasteiger partial charge in [-0.1, -0.05) is 20.8 Å². The van der Waals surface area contributed by atoms with Crippen LogP contribution in [0.25, 0.3) is 0 Å². The van der Waals surface area contributed by atoms with Gasteiger partial charge >= 0.3 is 0 Å². The Balaban J connectivity index is 2.43. The van der Waals surface area contributed by atoms with Crippen LogP contribution in [-0.4, -0.2) is 14.5 Å². The molecule has 3 nitrogen and oxygen atoms in total. The highest BCUT2D eigenvalue weighted by Gasteiger charge is 2.19. The first kappa shape index (κ1) is 12.5. The third kappa shape index (κ3) is 2.50. The first-order chi connectivity index (χ1) is 7.89. The Bertz CT molecular complexity index is 569. The Morgan fingerprint density at radius 1 is 1.47 bits per heavy atom. The maximum Gasteiger partial charge on any atom is 0.177 e. The molecule has 0 atom stereocenters. The predicted molar refractivity (Wildman–Crippen MR) is 74.3 cm³/mol. The third-order valence-electron chi connectivity index (χ3n) is 2.78. The van der Waals surface area contributed by atoms with Gasteiger partial charge in [0.05, 0.1) is 17.7 Å². The van der Waals surface area contributed by atoms with E-state index in [0.29, 0.717) is 0 Å². The zero-order valence-electron chi connectivity index (χ0n) is 10.6. The lowest BCUT2D eigenvalue weighted by atomic mass is 9.92. The summed E-state index contributed by atoms with van der Waals surface area (Å²) < 4.78 is 2.94. The number of aryl methyl sites for hydroxylation is 1. The second-order valence-corrected chi connectivity index (χ2v) is 6.50. The summed E-state index contributed by atoms with van der Waals surface area (Å²) in [7, 11) is 0. The monoisotopic (exact) mass is 267 g/mol. The van der Waals surface area contributed by atoms with E-state index in [4.69, 9.17) is 12.2 Å². The van der Waals surface area contributed by atoms with Gasteiger partial charge in [0.15, 0.2) is 4.77 Å². The number of thiazole rings is 1. The number of aromatic amines is 1. The molecule has 5 heteroatoms. The Hall–Kier alpha value is -0.940. The van der Waals surface area contributed by atoms with Gasteiger partial charge < -0.3 is 9.55 Å². The Morgan fingerprint density at radius 3 is 2.71 bits per heavy atom. The van der Waals surface area contributed by atoms with Crippen LogP contribution in [0.5, 0.6) is 0 Å². The lowest BCUT2D eigenvalue weighted by Crippen LogP contribution is -2.18. The third-order valence-corrected chi connectivity index (χ3v) is 4.04. The van der Waals surface area contributed by atoms with Crippen molar-refractivity contribution < 1.29 is 0 Å². The number of hydrogen-bond donors (Lipinski definition) is 1. The number of rotatable bonds is 2. The molecule has 17 heavy (non-hydrogen) atoms. The quantitative estimate of drug-likeness (QED) is 0.843. The Kier molecular flexibility index (Phi) is 3.23. The molecule has 0 aromatic carbocycles. The summed E-state index contributed by atoms with van der Waals surface area (Å²) in [5.74, 6) is 0. The highest BCUT2D eigenvalue weighted by Crippen LogP contribution is 2.24. The number of nitrogens with zero attached hydrogens (tertiary/aromatic N) is 2. The number of aromatic nitrogens is 3. The summed E-state index contributed by atoms with van der Waals surface area (Å²) in [6.07, 6.45) is 2.01. The SMILES string of the molecule is Cc1ncsc1Cn1c(C(C)(C)C)c[nH]c1=S. The molecular formula is C12H17N3S2.